The number of ether oxygens (including phenoxy) is 2. The van der Waals surface area contributed by atoms with E-state index >= 15 is 0 Å². The van der Waals surface area contributed by atoms with Gasteiger partial charge in [-0.2, -0.15) is 0 Å². The van der Waals surface area contributed by atoms with Crippen LogP contribution in [0, 0.1) is 5.82 Å². The molecule has 0 fully saturated rings. The summed E-state index contributed by atoms with van der Waals surface area (Å²) in [7, 11) is 0. The highest BCUT2D eigenvalue weighted by Gasteiger charge is 2.26. The number of rotatable bonds is 6. The minimum atomic E-state index is -1.61. The monoisotopic (exact) mass is 357 g/mol. The number of alkyl carbamates (subject to hydrolysis) is 1. The number of halogens is 1. The Bertz CT molecular complexity index is 614. The molecule has 8 heteroatoms. The van der Waals surface area contributed by atoms with E-state index in [2.05, 4.69) is 5.32 Å². The highest BCUT2D eigenvalue weighted by atomic mass is 19.1. The second-order valence-electron chi connectivity index (χ2n) is 6.35. The number of carbonyl (C=O) groups excluding carboxylic acids is 2. The summed E-state index contributed by atoms with van der Waals surface area (Å²) in [4.78, 5) is 23.5. The quantitative estimate of drug-likeness (QED) is 0.672. The molecule has 0 radical (unpaired) electrons. The van der Waals surface area contributed by atoms with Crippen LogP contribution in [-0.2, 0) is 9.47 Å². The summed E-state index contributed by atoms with van der Waals surface area (Å²) in [6.07, 6.45) is -3.86. The van der Waals surface area contributed by atoms with Crippen LogP contribution in [0.25, 0.3) is 0 Å². The molecule has 2 atom stereocenters. The van der Waals surface area contributed by atoms with Gasteiger partial charge in [0.25, 0.3) is 0 Å². The van der Waals surface area contributed by atoms with Gasteiger partial charge in [0, 0.05) is 12.1 Å². The first-order chi connectivity index (χ1) is 11.5. The summed E-state index contributed by atoms with van der Waals surface area (Å²) >= 11 is 0. The summed E-state index contributed by atoms with van der Waals surface area (Å²) < 4.78 is 23.3. The van der Waals surface area contributed by atoms with Gasteiger partial charge in [0.15, 0.2) is 0 Å². The van der Waals surface area contributed by atoms with Crippen LogP contribution < -0.4 is 5.32 Å². The number of esters is 1. The minimum Gasteiger partial charge on any atom is -0.462 e. The summed E-state index contributed by atoms with van der Waals surface area (Å²) in [6.45, 7) is 6.39. The lowest BCUT2D eigenvalue weighted by Gasteiger charge is -2.23. The Labute approximate surface area is 145 Å². The molecule has 3 N–H and O–H groups in total. The fraction of sp³-hybridized carbons (Fsp3) is 0.529. The number of aliphatic hydroxyl groups is 2. The van der Waals surface area contributed by atoms with E-state index in [4.69, 9.17) is 9.47 Å². The van der Waals surface area contributed by atoms with Crippen molar-refractivity contribution in [1.82, 2.24) is 5.32 Å². The largest absolute Gasteiger partial charge is 0.462 e. The predicted molar refractivity (Wildman–Crippen MR) is 87.6 cm³/mol. The molecule has 0 aromatic heterocycles. The Hall–Kier alpha value is -2.19. The van der Waals surface area contributed by atoms with Crippen LogP contribution in [0.2, 0.25) is 0 Å². The van der Waals surface area contributed by atoms with Crippen LogP contribution in [0.3, 0.4) is 0 Å². The van der Waals surface area contributed by atoms with E-state index in [1.165, 1.54) is 6.07 Å². The van der Waals surface area contributed by atoms with Gasteiger partial charge in [0.05, 0.1) is 12.2 Å². The van der Waals surface area contributed by atoms with Crippen molar-refractivity contribution >= 4 is 12.1 Å². The van der Waals surface area contributed by atoms with Gasteiger partial charge in [0.1, 0.15) is 23.6 Å². The third kappa shape index (κ3) is 6.67. The molecule has 1 amide bonds. The van der Waals surface area contributed by atoms with Crippen LogP contribution >= 0.6 is 0 Å². The van der Waals surface area contributed by atoms with Crippen LogP contribution in [0.15, 0.2) is 18.2 Å². The van der Waals surface area contributed by atoms with Gasteiger partial charge in [-0.25, -0.2) is 14.0 Å². The lowest BCUT2D eigenvalue weighted by atomic mass is 9.98. The van der Waals surface area contributed by atoms with E-state index < -0.39 is 35.7 Å². The van der Waals surface area contributed by atoms with Gasteiger partial charge in [-0.3, -0.25) is 0 Å². The molecule has 7 nitrogen and oxygen atoms in total. The number of hydrogen-bond donors (Lipinski definition) is 3. The highest BCUT2D eigenvalue weighted by molar-refractivity contribution is 5.91. The number of hydrogen-bond acceptors (Lipinski definition) is 6. The molecule has 1 aromatic carbocycles. The molecule has 0 aliphatic rings. The van der Waals surface area contributed by atoms with Gasteiger partial charge in [0.2, 0.25) is 0 Å². The van der Waals surface area contributed by atoms with Crippen molar-refractivity contribution in [3.63, 3.8) is 0 Å². The van der Waals surface area contributed by atoms with Gasteiger partial charge in [-0.1, -0.05) is 0 Å². The first kappa shape index (κ1) is 20.9. The molecule has 0 spiro atoms. The standard InChI is InChI=1S/C17H24FNO6/c1-5-24-15(22)11-7-6-10(18)8-12(11)14(21)13(20)9-19-16(23)25-17(2,3)4/h6-8,13-14,20-21H,5,9H2,1-4H3,(H,19,23). The molecular weight excluding hydrogens is 333 g/mol. The summed E-state index contributed by atoms with van der Waals surface area (Å²) in [5, 5.41) is 22.6. The third-order valence-electron chi connectivity index (χ3n) is 3.05. The van der Waals surface area contributed by atoms with Gasteiger partial charge in [-0.05, 0) is 45.9 Å². The van der Waals surface area contributed by atoms with Crippen molar-refractivity contribution in [3.05, 3.63) is 35.1 Å². The Morgan fingerprint density at radius 2 is 1.92 bits per heavy atom. The molecular formula is C17H24FNO6. The lowest BCUT2D eigenvalue weighted by molar-refractivity contribution is 0.0115. The zero-order valence-corrected chi connectivity index (χ0v) is 14.7. The first-order valence-corrected chi connectivity index (χ1v) is 7.84. The van der Waals surface area contributed by atoms with Crippen molar-refractivity contribution in [2.45, 2.75) is 45.5 Å². The van der Waals surface area contributed by atoms with E-state index in [1.54, 1.807) is 27.7 Å². The summed E-state index contributed by atoms with van der Waals surface area (Å²) in [5.41, 5.74) is -0.906. The number of nitrogens with one attached hydrogen (secondary N) is 1. The summed E-state index contributed by atoms with van der Waals surface area (Å²) in [5.74, 6) is -1.43. The normalized spacial score (nSPS) is 13.7. The second-order valence-corrected chi connectivity index (χ2v) is 6.35. The summed E-state index contributed by atoms with van der Waals surface area (Å²) in [6, 6.07) is 3.15. The fourth-order valence-corrected chi connectivity index (χ4v) is 1.99. The fourth-order valence-electron chi connectivity index (χ4n) is 1.99. The van der Waals surface area contributed by atoms with E-state index in [-0.39, 0.29) is 24.3 Å². The molecule has 140 valence electrons. The first-order valence-electron chi connectivity index (χ1n) is 7.84. The number of aliphatic hydroxyl groups excluding tert-OH is 2. The van der Waals surface area contributed by atoms with Crippen molar-refractivity contribution in [2.24, 2.45) is 0 Å². The number of carbonyl (C=O) groups is 2. The molecule has 0 bridgehead atoms. The second kappa shape index (κ2) is 8.77. The number of amides is 1. The maximum Gasteiger partial charge on any atom is 0.407 e. The van der Waals surface area contributed by atoms with Gasteiger partial charge >= 0.3 is 12.1 Å². The Morgan fingerprint density at radius 3 is 2.48 bits per heavy atom. The number of benzene rings is 1. The molecule has 0 saturated heterocycles. The zero-order chi connectivity index (χ0) is 19.2. The van der Waals surface area contributed by atoms with Crippen LogP contribution in [0.1, 0.15) is 49.7 Å². The minimum absolute atomic E-state index is 0.0629. The van der Waals surface area contributed by atoms with Crippen molar-refractivity contribution in [1.29, 1.82) is 0 Å². The van der Waals surface area contributed by atoms with E-state index in [0.717, 1.165) is 12.1 Å². The van der Waals surface area contributed by atoms with Crippen LogP contribution in [0.5, 0.6) is 0 Å². The van der Waals surface area contributed by atoms with E-state index in [0.29, 0.717) is 0 Å². The lowest BCUT2D eigenvalue weighted by Crippen LogP contribution is -2.39. The molecule has 0 heterocycles. The Morgan fingerprint density at radius 1 is 1.28 bits per heavy atom. The van der Waals surface area contributed by atoms with Gasteiger partial charge < -0.3 is 25.0 Å². The highest BCUT2D eigenvalue weighted by Crippen LogP contribution is 2.23. The topological polar surface area (TPSA) is 105 Å². The van der Waals surface area contributed by atoms with E-state index in [9.17, 15) is 24.2 Å². The van der Waals surface area contributed by atoms with Crippen molar-refractivity contribution in [2.75, 3.05) is 13.2 Å². The molecule has 0 aliphatic heterocycles. The Balaban J connectivity index is 2.84. The molecule has 2 unspecified atom stereocenters. The Kier molecular flexibility index (Phi) is 7.32. The smallest absolute Gasteiger partial charge is 0.407 e. The predicted octanol–water partition coefficient (Wildman–Crippen LogP) is 1.92. The maximum absolute atomic E-state index is 13.5. The molecule has 0 aliphatic carbocycles. The van der Waals surface area contributed by atoms with Crippen molar-refractivity contribution < 1.29 is 33.7 Å². The molecule has 0 saturated carbocycles. The average Bonchev–Trinajstić information content (AvgIpc) is 2.50. The van der Waals surface area contributed by atoms with E-state index in [1.807, 2.05) is 0 Å². The third-order valence-corrected chi connectivity index (χ3v) is 3.05. The maximum atomic E-state index is 13.5. The molecule has 1 aromatic rings. The van der Waals surface area contributed by atoms with Crippen LogP contribution in [-0.4, -0.2) is 47.1 Å². The molecule has 1 rings (SSSR count). The molecule has 25 heavy (non-hydrogen) atoms. The SMILES string of the molecule is CCOC(=O)c1ccc(F)cc1C(O)C(O)CNC(=O)OC(C)(C)C. The van der Waals surface area contributed by atoms with Crippen molar-refractivity contribution in [3.8, 4) is 0 Å². The van der Waals surface area contributed by atoms with Gasteiger partial charge in [-0.15, -0.1) is 0 Å². The zero-order valence-electron chi connectivity index (χ0n) is 14.7. The average molecular weight is 357 g/mol. The van der Waals surface area contributed by atoms with Crippen LogP contribution in [0.4, 0.5) is 9.18 Å².